The summed E-state index contributed by atoms with van der Waals surface area (Å²) < 4.78 is 5.51. The van der Waals surface area contributed by atoms with Crippen molar-refractivity contribution in [2.45, 2.75) is 57.0 Å². The minimum Gasteiger partial charge on any atom is -0.390 e. The molecule has 0 aromatic carbocycles. The summed E-state index contributed by atoms with van der Waals surface area (Å²) in [5, 5.41) is 19.8. The molecule has 3 heteroatoms. The predicted octanol–water partition coefficient (Wildman–Crippen LogP) is 0.686. The van der Waals surface area contributed by atoms with Crippen molar-refractivity contribution in [2.24, 2.45) is 5.92 Å². The van der Waals surface area contributed by atoms with E-state index in [9.17, 15) is 10.2 Å². The van der Waals surface area contributed by atoms with Gasteiger partial charge in [0.2, 0.25) is 0 Å². The highest BCUT2D eigenvalue weighted by atomic mass is 16.7. The molecule has 2 rings (SSSR count). The molecule has 1 saturated heterocycles. The van der Waals surface area contributed by atoms with E-state index in [1.807, 2.05) is 13.8 Å². The van der Waals surface area contributed by atoms with Gasteiger partial charge in [0.15, 0.2) is 0 Å². The second-order valence-electron chi connectivity index (χ2n) is 5.01. The number of epoxide rings is 1. The number of aliphatic hydroxyl groups is 2. The van der Waals surface area contributed by atoms with E-state index in [1.54, 1.807) is 0 Å². The largest absolute Gasteiger partial charge is 0.390 e. The number of ether oxygens (including phenoxy) is 1. The Morgan fingerprint density at radius 1 is 1.15 bits per heavy atom. The molecule has 0 bridgehead atoms. The van der Waals surface area contributed by atoms with Crippen molar-refractivity contribution in [1.29, 1.82) is 0 Å². The van der Waals surface area contributed by atoms with Gasteiger partial charge in [0.1, 0.15) is 5.60 Å². The molecule has 76 valence electrons. The molecule has 2 unspecified atom stereocenters. The molecule has 0 radical (unpaired) electrons. The number of rotatable bonds is 0. The zero-order chi connectivity index (χ0) is 9.85. The van der Waals surface area contributed by atoms with E-state index < -0.39 is 17.8 Å². The Morgan fingerprint density at radius 2 is 1.54 bits per heavy atom. The highest BCUT2D eigenvalue weighted by Crippen LogP contribution is 2.56. The lowest BCUT2D eigenvalue weighted by Gasteiger charge is -2.35. The van der Waals surface area contributed by atoms with Crippen molar-refractivity contribution in [1.82, 2.24) is 0 Å². The summed E-state index contributed by atoms with van der Waals surface area (Å²) in [6.07, 6.45) is 0.448. The molecule has 2 N–H and O–H groups in total. The lowest BCUT2D eigenvalue weighted by molar-refractivity contribution is -0.0619. The lowest BCUT2D eigenvalue weighted by Crippen LogP contribution is -2.50. The van der Waals surface area contributed by atoms with Gasteiger partial charge in [-0.25, -0.2) is 0 Å². The SMILES string of the molecule is CC1C[C@@H](O)C2(OC2(C)C)[C@@H](O)C1. The van der Waals surface area contributed by atoms with Gasteiger partial charge >= 0.3 is 0 Å². The third kappa shape index (κ3) is 1.07. The van der Waals surface area contributed by atoms with Gasteiger partial charge in [0.05, 0.1) is 17.8 Å². The molecule has 3 nitrogen and oxygen atoms in total. The van der Waals surface area contributed by atoms with Crippen LogP contribution in [-0.4, -0.2) is 33.6 Å². The zero-order valence-electron chi connectivity index (χ0n) is 8.45. The monoisotopic (exact) mass is 186 g/mol. The smallest absolute Gasteiger partial charge is 0.149 e. The Kier molecular flexibility index (Phi) is 1.79. The molecule has 1 spiro atoms. The predicted molar refractivity (Wildman–Crippen MR) is 48.3 cm³/mol. The summed E-state index contributed by atoms with van der Waals surface area (Å²) >= 11 is 0. The van der Waals surface area contributed by atoms with Crippen LogP contribution in [0.4, 0.5) is 0 Å². The van der Waals surface area contributed by atoms with Gasteiger partial charge in [-0.1, -0.05) is 6.92 Å². The van der Waals surface area contributed by atoms with Gasteiger partial charge in [-0.2, -0.15) is 0 Å². The number of aliphatic hydroxyl groups excluding tert-OH is 2. The standard InChI is InChI=1S/C10H18O3/c1-6-4-7(11)10(8(12)5-6)9(2,3)13-10/h6-8,11-12H,4-5H2,1-3H3/t6?,7-,8+,10?. The molecule has 4 atom stereocenters. The molecule has 0 amide bonds. The number of hydrogen-bond acceptors (Lipinski definition) is 3. The highest BCUT2D eigenvalue weighted by molar-refractivity contribution is 5.20. The first-order valence-electron chi connectivity index (χ1n) is 4.96. The Labute approximate surface area is 78.7 Å². The van der Waals surface area contributed by atoms with Crippen LogP contribution in [0.5, 0.6) is 0 Å². The quantitative estimate of drug-likeness (QED) is 0.547. The van der Waals surface area contributed by atoms with E-state index >= 15 is 0 Å². The molecular weight excluding hydrogens is 168 g/mol. The second-order valence-corrected chi connectivity index (χ2v) is 5.01. The fourth-order valence-corrected chi connectivity index (χ4v) is 2.77. The molecule has 2 fully saturated rings. The van der Waals surface area contributed by atoms with Crippen molar-refractivity contribution >= 4 is 0 Å². The Hall–Kier alpha value is -0.120. The lowest BCUT2D eigenvalue weighted by atomic mass is 9.73. The summed E-state index contributed by atoms with van der Waals surface area (Å²) in [5.74, 6) is 0.385. The first kappa shape index (κ1) is 9.44. The molecule has 2 aliphatic rings. The summed E-state index contributed by atoms with van der Waals surface area (Å²) in [5.41, 5.74) is -1.02. The van der Waals surface area contributed by atoms with Crippen LogP contribution in [0.2, 0.25) is 0 Å². The van der Waals surface area contributed by atoms with Crippen LogP contribution in [-0.2, 0) is 4.74 Å². The summed E-state index contributed by atoms with van der Waals surface area (Å²) in [6.45, 7) is 5.90. The van der Waals surface area contributed by atoms with E-state index in [4.69, 9.17) is 4.74 Å². The molecule has 13 heavy (non-hydrogen) atoms. The Balaban J connectivity index is 2.20. The van der Waals surface area contributed by atoms with Crippen molar-refractivity contribution < 1.29 is 14.9 Å². The van der Waals surface area contributed by atoms with Crippen LogP contribution in [0.15, 0.2) is 0 Å². The Bertz CT molecular complexity index is 212. The maximum Gasteiger partial charge on any atom is 0.149 e. The molecule has 0 aromatic rings. The van der Waals surface area contributed by atoms with Gasteiger partial charge in [-0.15, -0.1) is 0 Å². The van der Waals surface area contributed by atoms with E-state index in [-0.39, 0.29) is 5.60 Å². The van der Waals surface area contributed by atoms with Crippen molar-refractivity contribution in [3.63, 3.8) is 0 Å². The first-order valence-corrected chi connectivity index (χ1v) is 4.96. The van der Waals surface area contributed by atoms with Gasteiger partial charge in [0, 0.05) is 0 Å². The van der Waals surface area contributed by atoms with Crippen LogP contribution in [0.1, 0.15) is 33.6 Å². The molecule has 0 aromatic heterocycles. The average Bonchev–Trinajstić information content (AvgIpc) is 2.51. The van der Waals surface area contributed by atoms with E-state index in [0.717, 1.165) is 12.8 Å². The molecule has 1 aliphatic heterocycles. The zero-order valence-corrected chi connectivity index (χ0v) is 8.45. The fraction of sp³-hybridized carbons (Fsp3) is 1.00. The summed E-state index contributed by atoms with van der Waals surface area (Å²) in [7, 11) is 0. The normalized spacial score (nSPS) is 53.8. The highest BCUT2D eigenvalue weighted by Gasteiger charge is 2.72. The van der Waals surface area contributed by atoms with Crippen molar-refractivity contribution in [2.75, 3.05) is 0 Å². The van der Waals surface area contributed by atoms with Crippen LogP contribution >= 0.6 is 0 Å². The topological polar surface area (TPSA) is 53.0 Å². The van der Waals surface area contributed by atoms with Crippen LogP contribution in [0, 0.1) is 5.92 Å². The first-order chi connectivity index (χ1) is 5.90. The maximum atomic E-state index is 9.89. The van der Waals surface area contributed by atoms with E-state index in [2.05, 4.69) is 6.92 Å². The minimum atomic E-state index is -0.667. The average molecular weight is 186 g/mol. The van der Waals surface area contributed by atoms with Gasteiger partial charge in [-0.05, 0) is 32.6 Å². The molecule has 1 heterocycles. The maximum absolute atomic E-state index is 9.89. The van der Waals surface area contributed by atoms with Gasteiger partial charge in [-0.3, -0.25) is 0 Å². The third-order valence-corrected chi connectivity index (χ3v) is 3.56. The fourth-order valence-electron chi connectivity index (χ4n) is 2.77. The number of hydrogen-bond donors (Lipinski definition) is 2. The van der Waals surface area contributed by atoms with Gasteiger partial charge < -0.3 is 14.9 Å². The van der Waals surface area contributed by atoms with Crippen molar-refractivity contribution in [3.8, 4) is 0 Å². The minimum absolute atomic E-state index is 0.355. The second kappa shape index (κ2) is 2.47. The van der Waals surface area contributed by atoms with Gasteiger partial charge in [0.25, 0.3) is 0 Å². The van der Waals surface area contributed by atoms with E-state index in [1.165, 1.54) is 0 Å². The third-order valence-electron chi connectivity index (χ3n) is 3.56. The molecule has 1 aliphatic carbocycles. The summed E-state index contributed by atoms with van der Waals surface area (Å²) in [4.78, 5) is 0. The van der Waals surface area contributed by atoms with Crippen LogP contribution in [0.25, 0.3) is 0 Å². The Morgan fingerprint density at radius 3 is 1.85 bits per heavy atom. The molecular formula is C10H18O3. The van der Waals surface area contributed by atoms with Crippen LogP contribution in [0.3, 0.4) is 0 Å². The van der Waals surface area contributed by atoms with Crippen molar-refractivity contribution in [3.05, 3.63) is 0 Å². The van der Waals surface area contributed by atoms with Crippen LogP contribution < -0.4 is 0 Å². The summed E-state index contributed by atoms with van der Waals surface area (Å²) in [6, 6.07) is 0. The molecule has 1 saturated carbocycles. The van der Waals surface area contributed by atoms with E-state index in [0.29, 0.717) is 5.92 Å².